The Balaban J connectivity index is 1.54. The number of hydrogen-bond donors (Lipinski definition) is 3. The normalized spacial score (nSPS) is 19.9. The van der Waals surface area contributed by atoms with E-state index in [9.17, 15) is 4.79 Å². The lowest BCUT2D eigenvalue weighted by molar-refractivity contribution is -0.120. The molecule has 1 aliphatic heterocycles. The summed E-state index contributed by atoms with van der Waals surface area (Å²) < 4.78 is 5.20. The Morgan fingerprint density at radius 3 is 2.88 bits per heavy atom. The van der Waals surface area contributed by atoms with Crippen LogP contribution in [0.4, 0.5) is 0 Å². The molecule has 1 aromatic heterocycles. The lowest BCUT2D eigenvalue weighted by Crippen LogP contribution is -2.33. The van der Waals surface area contributed by atoms with Gasteiger partial charge in [0.2, 0.25) is 5.91 Å². The van der Waals surface area contributed by atoms with Crippen molar-refractivity contribution in [2.24, 2.45) is 5.92 Å². The molecular weight excluding hydrogens is 304 g/mol. The van der Waals surface area contributed by atoms with Crippen molar-refractivity contribution in [2.75, 3.05) is 20.2 Å². The Morgan fingerprint density at radius 2 is 2.17 bits per heavy atom. The molecule has 1 saturated heterocycles. The second-order valence-corrected chi connectivity index (χ2v) is 5.88. The molecule has 3 N–H and O–H groups in total. The molecule has 6 heteroatoms. The lowest BCUT2D eigenvalue weighted by Gasteiger charge is -2.19. The fraction of sp³-hybridized carbons (Fsp3) is 0.333. The molecule has 2 unspecified atom stereocenters. The SMILES string of the molecule is COc1ccc(C2NNCC2CNC(=O)Cc2cccnc2)cc1. The second kappa shape index (κ2) is 7.90. The number of hydrogen-bond acceptors (Lipinski definition) is 5. The van der Waals surface area contributed by atoms with Gasteiger partial charge in [-0.05, 0) is 29.3 Å². The molecule has 1 amide bonds. The van der Waals surface area contributed by atoms with Crippen molar-refractivity contribution >= 4 is 5.91 Å². The van der Waals surface area contributed by atoms with E-state index in [1.54, 1.807) is 19.5 Å². The van der Waals surface area contributed by atoms with E-state index < -0.39 is 0 Å². The highest BCUT2D eigenvalue weighted by molar-refractivity contribution is 5.78. The summed E-state index contributed by atoms with van der Waals surface area (Å²) in [5.41, 5.74) is 8.56. The van der Waals surface area contributed by atoms with Crippen LogP contribution in [0.3, 0.4) is 0 Å². The number of benzene rings is 1. The summed E-state index contributed by atoms with van der Waals surface area (Å²) in [5, 5.41) is 3.02. The van der Waals surface area contributed by atoms with Crippen molar-refractivity contribution in [3.05, 3.63) is 59.9 Å². The fourth-order valence-corrected chi connectivity index (χ4v) is 2.89. The molecule has 2 aromatic rings. The Bertz CT molecular complexity index is 660. The number of rotatable bonds is 6. The molecule has 1 aromatic carbocycles. The number of hydrazine groups is 1. The molecule has 1 fully saturated rings. The van der Waals surface area contributed by atoms with Crippen LogP contribution in [0.5, 0.6) is 5.75 Å². The van der Waals surface area contributed by atoms with Crippen LogP contribution in [0, 0.1) is 5.92 Å². The van der Waals surface area contributed by atoms with Crippen LogP contribution in [0.15, 0.2) is 48.8 Å². The molecule has 2 atom stereocenters. The Hall–Kier alpha value is -2.44. The van der Waals surface area contributed by atoms with Crippen LogP contribution in [0.1, 0.15) is 17.2 Å². The maximum Gasteiger partial charge on any atom is 0.224 e. The van der Waals surface area contributed by atoms with E-state index in [0.717, 1.165) is 17.9 Å². The highest BCUT2D eigenvalue weighted by Gasteiger charge is 2.28. The third kappa shape index (κ3) is 4.10. The lowest BCUT2D eigenvalue weighted by atomic mass is 9.95. The third-order valence-corrected chi connectivity index (χ3v) is 4.22. The van der Waals surface area contributed by atoms with E-state index in [-0.39, 0.29) is 17.9 Å². The molecule has 1 aliphatic rings. The van der Waals surface area contributed by atoms with Gasteiger partial charge >= 0.3 is 0 Å². The number of ether oxygens (including phenoxy) is 1. The van der Waals surface area contributed by atoms with Crippen LogP contribution in [0.2, 0.25) is 0 Å². The smallest absolute Gasteiger partial charge is 0.224 e. The van der Waals surface area contributed by atoms with Gasteiger partial charge in [-0.15, -0.1) is 0 Å². The number of aromatic nitrogens is 1. The van der Waals surface area contributed by atoms with E-state index in [1.165, 1.54) is 5.56 Å². The summed E-state index contributed by atoms with van der Waals surface area (Å²) in [5.74, 6) is 1.14. The van der Waals surface area contributed by atoms with Crippen LogP contribution in [0.25, 0.3) is 0 Å². The summed E-state index contributed by atoms with van der Waals surface area (Å²) in [4.78, 5) is 16.1. The molecule has 0 bridgehead atoms. The minimum absolute atomic E-state index is 0.0170. The molecule has 24 heavy (non-hydrogen) atoms. The molecule has 2 heterocycles. The Labute approximate surface area is 141 Å². The summed E-state index contributed by atoms with van der Waals surface area (Å²) in [7, 11) is 1.66. The van der Waals surface area contributed by atoms with Gasteiger partial charge in [-0.2, -0.15) is 0 Å². The molecule has 6 nitrogen and oxygen atoms in total. The zero-order chi connectivity index (χ0) is 16.8. The number of amides is 1. The highest BCUT2D eigenvalue weighted by atomic mass is 16.5. The third-order valence-electron chi connectivity index (χ3n) is 4.22. The quantitative estimate of drug-likeness (QED) is 0.744. The van der Waals surface area contributed by atoms with Gasteiger partial charge in [-0.25, -0.2) is 5.43 Å². The largest absolute Gasteiger partial charge is 0.497 e. The predicted molar refractivity (Wildman–Crippen MR) is 91.3 cm³/mol. The average molecular weight is 326 g/mol. The summed E-state index contributed by atoms with van der Waals surface area (Å²) in [6, 6.07) is 11.9. The van der Waals surface area contributed by atoms with Crippen LogP contribution in [-0.4, -0.2) is 31.1 Å². The first kappa shape index (κ1) is 16.4. The maximum absolute atomic E-state index is 12.1. The van der Waals surface area contributed by atoms with E-state index in [2.05, 4.69) is 21.2 Å². The van der Waals surface area contributed by atoms with Crippen molar-refractivity contribution in [1.29, 1.82) is 0 Å². The van der Waals surface area contributed by atoms with Crippen LogP contribution in [-0.2, 0) is 11.2 Å². The predicted octanol–water partition coefficient (Wildman–Crippen LogP) is 1.21. The number of carbonyl (C=O) groups is 1. The second-order valence-electron chi connectivity index (χ2n) is 5.88. The zero-order valence-corrected chi connectivity index (χ0v) is 13.7. The van der Waals surface area contributed by atoms with Gasteiger partial charge in [0.05, 0.1) is 19.6 Å². The van der Waals surface area contributed by atoms with Gasteiger partial charge in [0.25, 0.3) is 0 Å². The first-order valence-electron chi connectivity index (χ1n) is 8.04. The first-order valence-corrected chi connectivity index (χ1v) is 8.04. The van der Waals surface area contributed by atoms with Gasteiger partial charge in [-0.3, -0.25) is 15.2 Å². The molecule has 3 rings (SSSR count). The van der Waals surface area contributed by atoms with Gasteiger partial charge in [0.15, 0.2) is 0 Å². The number of methoxy groups -OCH3 is 1. The number of pyridine rings is 1. The highest BCUT2D eigenvalue weighted by Crippen LogP contribution is 2.26. The van der Waals surface area contributed by atoms with Crippen LogP contribution >= 0.6 is 0 Å². The zero-order valence-electron chi connectivity index (χ0n) is 13.7. The van der Waals surface area contributed by atoms with E-state index in [4.69, 9.17) is 4.74 Å². The monoisotopic (exact) mass is 326 g/mol. The van der Waals surface area contributed by atoms with Gasteiger partial charge in [-0.1, -0.05) is 18.2 Å². The van der Waals surface area contributed by atoms with Gasteiger partial charge < -0.3 is 10.1 Å². The minimum atomic E-state index is 0.0170. The molecular formula is C18H22N4O2. The topological polar surface area (TPSA) is 75.3 Å². The molecule has 0 spiro atoms. The Morgan fingerprint density at radius 1 is 1.33 bits per heavy atom. The van der Waals surface area contributed by atoms with Crippen LogP contribution < -0.4 is 20.9 Å². The summed E-state index contributed by atoms with van der Waals surface area (Å²) in [6.45, 7) is 1.43. The van der Waals surface area contributed by atoms with Crippen molar-refractivity contribution in [2.45, 2.75) is 12.5 Å². The number of nitrogens with zero attached hydrogens (tertiary/aromatic N) is 1. The summed E-state index contributed by atoms with van der Waals surface area (Å²) in [6.07, 6.45) is 3.78. The minimum Gasteiger partial charge on any atom is -0.497 e. The number of carbonyl (C=O) groups excluding carboxylic acids is 1. The van der Waals surface area contributed by atoms with E-state index in [1.807, 2.05) is 36.4 Å². The van der Waals surface area contributed by atoms with E-state index >= 15 is 0 Å². The summed E-state index contributed by atoms with van der Waals surface area (Å²) >= 11 is 0. The maximum atomic E-state index is 12.1. The average Bonchev–Trinajstić information content (AvgIpc) is 3.09. The molecule has 0 radical (unpaired) electrons. The van der Waals surface area contributed by atoms with Crippen molar-refractivity contribution < 1.29 is 9.53 Å². The van der Waals surface area contributed by atoms with Gasteiger partial charge in [0, 0.05) is 31.4 Å². The van der Waals surface area contributed by atoms with Gasteiger partial charge in [0.1, 0.15) is 5.75 Å². The van der Waals surface area contributed by atoms with Crippen molar-refractivity contribution in [1.82, 2.24) is 21.2 Å². The molecule has 0 saturated carbocycles. The Kier molecular flexibility index (Phi) is 5.40. The molecule has 0 aliphatic carbocycles. The van der Waals surface area contributed by atoms with Crippen molar-refractivity contribution in [3.63, 3.8) is 0 Å². The first-order chi connectivity index (χ1) is 11.8. The fourth-order valence-electron chi connectivity index (χ4n) is 2.89. The molecule has 126 valence electrons. The standard InChI is InChI=1S/C18H22N4O2/c1-24-16-6-4-14(5-7-16)18-15(12-21-22-18)11-20-17(23)9-13-3-2-8-19-10-13/h2-8,10,15,18,21-22H,9,11-12H2,1H3,(H,20,23). The van der Waals surface area contributed by atoms with E-state index in [0.29, 0.717) is 13.0 Å². The number of nitrogens with one attached hydrogen (secondary N) is 3. The van der Waals surface area contributed by atoms with Crippen molar-refractivity contribution in [3.8, 4) is 5.75 Å².